The zero-order chi connectivity index (χ0) is 16.8. The molecule has 0 saturated heterocycles. The van der Waals surface area contributed by atoms with Gasteiger partial charge in [-0.25, -0.2) is 9.97 Å². The molecule has 2 rings (SSSR count). The number of rotatable bonds is 5. The fourth-order valence-corrected chi connectivity index (χ4v) is 1.83. The van der Waals surface area contributed by atoms with Crippen LogP contribution in [0.1, 0.15) is 28.5 Å². The fraction of sp³-hybridized carbons (Fsp3) is 0.200. The van der Waals surface area contributed by atoms with Crippen molar-refractivity contribution < 1.29 is 13.9 Å². The number of anilines is 1. The Labute approximate surface area is 131 Å². The van der Waals surface area contributed by atoms with Crippen molar-refractivity contribution in [2.75, 3.05) is 12.3 Å². The molecule has 2 aromatic heterocycles. The van der Waals surface area contributed by atoms with Crippen molar-refractivity contribution in [1.82, 2.24) is 15.3 Å². The number of nitrogens with two attached hydrogens (primary N) is 1. The highest BCUT2D eigenvalue weighted by Crippen LogP contribution is 2.22. The molecule has 0 unspecified atom stereocenters. The van der Waals surface area contributed by atoms with Gasteiger partial charge in [0.2, 0.25) is 11.8 Å². The Morgan fingerprint density at radius 1 is 1.57 bits per heavy atom. The highest BCUT2D eigenvalue weighted by molar-refractivity contribution is 5.93. The zero-order valence-corrected chi connectivity index (χ0v) is 12.3. The van der Waals surface area contributed by atoms with Gasteiger partial charge in [-0.05, 0) is 19.1 Å². The van der Waals surface area contributed by atoms with Crippen molar-refractivity contribution in [1.29, 1.82) is 5.26 Å². The minimum absolute atomic E-state index is 0.00675. The van der Waals surface area contributed by atoms with E-state index in [4.69, 9.17) is 15.7 Å². The average Bonchev–Trinajstić information content (AvgIpc) is 2.54. The van der Waals surface area contributed by atoms with Crippen molar-refractivity contribution in [3.63, 3.8) is 0 Å². The molecule has 0 spiro atoms. The number of pyridine rings is 2. The third-order valence-electron chi connectivity index (χ3n) is 2.92. The van der Waals surface area contributed by atoms with Gasteiger partial charge in [0.25, 0.3) is 5.91 Å². The summed E-state index contributed by atoms with van der Waals surface area (Å²) in [5.74, 6) is -1.23. The molecule has 2 heterocycles. The molecule has 0 radical (unpaired) electrons. The number of hydrogen-bond acceptors (Lipinski definition) is 6. The van der Waals surface area contributed by atoms with Gasteiger partial charge in [0, 0.05) is 18.3 Å². The lowest BCUT2D eigenvalue weighted by Crippen LogP contribution is -2.25. The van der Waals surface area contributed by atoms with E-state index in [1.54, 1.807) is 13.0 Å². The number of ether oxygens (including phenoxy) is 1. The zero-order valence-electron chi connectivity index (χ0n) is 12.3. The van der Waals surface area contributed by atoms with E-state index in [2.05, 4.69) is 15.3 Å². The standard InChI is InChI=1S/C15H14FN5O2/c1-2-23-15-10(7-17)11(18)6-12(21-15)14(22)20-8-9-4-3-5-19-13(9)16/h3-6H,2,8H2,1H3,(H2,18,21)(H,20,22). The molecule has 8 heteroatoms. The van der Waals surface area contributed by atoms with Crippen LogP contribution in [0.5, 0.6) is 5.88 Å². The molecular formula is C15H14FN5O2. The summed E-state index contributed by atoms with van der Waals surface area (Å²) >= 11 is 0. The van der Waals surface area contributed by atoms with Crippen LogP contribution >= 0.6 is 0 Å². The Balaban J connectivity index is 2.19. The summed E-state index contributed by atoms with van der Waals surface area (Å²) in [4.78, 5) is 19.6. The van der Waals surface area contributed by atoms with E-state index < -0.39 is 11.9 Å². The van der Waals surface area contributed by atoms with Gasteiger partial charge in [-0.3, -0.25) is 4.79 Å². The third-order valence-corrected chi connectivity index (χ3v) is 2.92. The maximum absolute atomic E-state index is 13.4. The summed E-state index contributed by atoms with van der Waals surface area (Å²) < 4.78 is 18.6. The van der Waals surface area contributed by atoms with E-state index in [1.807, 2.05) is 6.07 Å². The lowest BCUT2D eigenvalue weighted by atomic mass is 10.2. The molecule has 0 aromatic carbocycles. The maximum atomic E-state index is 13.4. The number of carbonyl (C=O) groups excluding carboxylic acids is 1. The molecule has 0 aliphatic heterocycles. The first kappa shape index (κ1) is 16.2. The molecule has 23 heavy (non-hydrogen) atoms. The van der Waals surface area contributed by atoms with Crippen molar-refractivity contribution in [3.05, 3.63) is 47.2 Å². The Bertz CT molecular complexity index is 773. The second-order valence-electron chi connectivity index (χ2n) is 4.46. The molecule has 0 saturated carbocycles. The summed E-state index contributed by atoms with van der Waals surface area (Å²) in [5.41, 5.74) is 6.12. The van der Waals surface area contributed by atoms with Crippen LogP contribution in [-0.4, -0.2) is 22.5 Å². The average molecular weight is 315 g/mol. The van der Waals surface area contributed by atoms with Crippen LogP contribution in [0.15, 0.2) is 24.4 Å². The Hall–Kier alpha value is -3.21. The van der Waals surface area contributed by atoms with Gasteiger partial charge >= 0.3 is 0 Å². The second-order valence-corrected chi connectivity index (χ2v) is 4.46. The first-order chi connectivity index (χ1) is 11.1. The molecular weight excluding hydrogens is 301 g/mol. The van der Waals surface area contributed by atoms with E-state index in [1.165, 1.54) is 18.3 Å². The summed E-state index contributed by atoms with van der Waals surface area (Å²) in [7, 11) is 0. The van der Waals surface area contributed by atoms with Crippen molar-refractivity contribution in [3.8, 4) is 11.9 Å². The summed E-state index contributed by atoms with van der Waals surface area (Å²) in [6.45, 7) is 1.94. The minimum Gasteiger partial charge on any atom is -0.477 e. The summed E-state index contributed by atoms with van der Waals surface area (Å²) in [6.07, 6.45) is 1.32. The van der Waals surface area contributed by atoms with E-state index in [-0.39, 0.29) is 41.5 Å². The fourth-order valence-electron chi connectivity index (χ4n) is 1.83. The van der Waals surface area contributed by atoms with E-state index in [9.17, 15) is 9.18 Å². The Kier molecular flexibility index (Phi) is 5.04. The molecule has 0 aliphatic rings. The SMILES string of the molecule is CCOc1nc(C(=O)NCc2cccnc2F)cc(N)c1C#N. The van der Waals surface area contributed by atoms with Gasteiger partial charge in [-0.15, -0.1) is 0 Å². The molecule has 7 nitrogen and oxygen atoms in total. The number of carbonyl (C=O) groups is 1. The Morgan fingerprint density at radius 2 is 2.35 bits per heavy atom. The lowest BCUT2D eigenvalue weighted by molar-refractivity contribution is 0.0944. The molecule has 118 valence electrons. The Morgan fingerprint density at radius 3 is 3.00 bits per heavy atom. The van der Waals surface area contributed by atoms with Gasteiger partial charge < -0.3 is 15.8 Å². The number of nitriles is 1. The molecule has 0 aliphatic carbocycles. The van der Waals surface area contributed by atoms with Crippen LogP contribution in [0.3, 0.4) is 0 Å². The summed E-state index contributed by atoms with van der Waals surface area (Å²) in [6, 6.07) is 6.23. The van der Waals surface area contributed by atoms with Crippen LogP contribution in [-0.2, 0) is 6.54 Å². The monoisotopic (exact) mass is 315 g/mol. The normalized spacial score (nSPS) is 9.96. The van der Waals surface area contributed by atoms with Gasteiger partial charge in [-0.2, -0.15) is 9.65 Å². The largest absolute Gasteiger partial charge is 0.477 e. The maximum Gasteiger partial charge on any atom is 0.270 e. The second kappa shape index (κ2) is 7.17. The van der Waals surface area contributed by atoms with Crippen LogP contribution < -0.4 is 15.8 Å². The van der Waals surface area contributed by atoms with E-state index in [0.29, 0.717) is 0 Å². The molecule has 0 atom stereocenters. The number of nitrogens with one attached hydrogen (secondary N) is 1. The number of nitrogens with zero attached hydrogens (tertiary/aromatic N) is 3. The molecule has 2 aromatic rings. The van der Waals surface area contributed by atoms with Crippen LogP contribution in [0, 0.1) is 17.3 Å². The third kappa shape index (κ3) is 3.71. The first-order valence-electron chi connectivity index (χ1n) is 6.77. The van der Waals surface area contributed by atoms with Gasteiger partial charge in [0.1, 0.15) is 17.3 Å². The summed E-state index contributed by atoms with van der Waals surface area (Å²) in [5, 5.41) is 11.6. The number of amides is 1. The molecule has 1 amide bonds. The number of aromatic nitrogens is 2. The smallest absolute Gasteiger partial charge is 0.270 e. The first-order valence-corrected chi connectivity index (χ1v) is 6.77. The van der Waals surface area contributed by atoms with Crippen molar-refractivity contribution >= 4 is 11.6 Å². The van der Waals surface area contributed by atoms with Gasteiger partial charge in [0.05, 0.1) is 12.3 Å². The minimum atomic E-state index is -0.657. The molecule has 3 N–H and O–H groups in total. The topological polar surface area (TPSA) is 114 Å². The molecule has 0 fully saturated rings. The van der Waals surface area contributed by atoms with Crippen LogP contribution in [0.4, 0.5) is 10.1 Å². The van der Waals surface area contributed by atoms with Gasteiger partial charge in [0.15, 0.2) is 0 Å². The van der Waals surface area contributed by atoms with Gasteiger partial charge in [-0.1, -0.05) is 6.07 Å². The molecule has 0 bridgehead atoms. The number of nitrogen functional groups attached to an aromatic ring is 1. The number of halogens is 1. The van der Waals surface area contributed by atoms with Crippen molar-refractivity contribution in [2.24, 2.45) is 0 Å². The van der Waals surface area contributed by atoms with Crippen LogP contribution in [0.25, 0.3) is 0 Å². The predicted octanol–water partition coefficient (Wildman–Crippen LogP) is 1.40. The van der Waals surface area contributed by atoms with Crippen molar-refractivity contribution in [2.45, 2.75) is 13.5 Å². The van der Waals surface area contributed by atoms with E-state index in [0.717, 1.165) is 0 Å². The lowest BCUT2D eigenvalue weighted by Gasteiger charge is -2.10. The quantitative estimate of drug-likeness (QED) is 0.806. The highest BCUT2D eigenvalue weighted by atomic mass is 19.1. The predicted molar refractivity (Wildman–Crippen MR) is 79.9 cm³/mol. The number of hydrogen-bond donors (Lipinski definition) is 2. The highest BCUT2D eigenvalue weighted by Gasteiger charge is 2.16. The van der Waals surface area contributed by atoms with Crippen LogP contribution in [0.2, 0.25) is 0 Å². The van der Waals surface area contributed by atoms with E-state index >= 15 is 0 Å².